The van der Waals surface area contributed by atoms with E-state index < -0.39 is 0 Å². The maximum absolute atomic E-state index is 4.90. The first-order chi connectivity index (χ1) is 4.86. The van der Waals surface area contributed by atoms with Gasteiger partial charge in [-0.1, -0.05) is 0 Å². The molecule has 0 heterocycles. The van der Waals surface area contributed by atoms with Gasteiger partial charge in [-0.15, -0.1) is 11.5 Å². The van der Waals surface area contributed by atoms with Crippen molar-refractivity contribution in [3.8, 4) is 11.5 Å². The minimum atomic E-state index is 0. The third-order valence-corrected chi connectivity index (χ3v) is 1.13. The Morgan fingerprint density at radius 2 is 1.11 bits per heavy atom. The predicted octanol–water partition coefficient (Wildman–Crippen LogP) is -17.4. The summed E-state index contributed by atoms with van der Waals surface area (Å²) in [5.41, 5.74) is 0. The number of methoxy groups -OCH3 is 2. The van der Waals surface area contributed by atoms with Gasteiger partial charge in [0.2, 0.25) is 0 Å². The van der Waals surface area contributed by atoms with Crippen LogP contribution in [0.1, 0.15) is 0 Å². The summed E-state index contributed by atoms with van der Waals surface area (Å²) in [6.07, 6.45) is 0. The van der Waals surface area contributed by atoms with Crippen molar-refractivity contribution in [2.75, 3.05) is 14.2 Å². The van der Waals surface area contributed by atoms with Gasteiger partial charge in [-0.25, -0.2) is 6.07 Å². The zero-order valence-corrected chi connectivity index (χ0v) is 19.6. The van der Waals surface area contributed by atoms with Crippen LogP contribution in [0.25, 0.3) is 0 Å². The van der Waals surface area contributed by atoms with E-state index in [0.717, 1.165) is 0 Å². The van der Waals surface area contributed by atoms with Crippen molar-refractivity contribution in [2.45, 2.75) is 0 Å². The molecule has 0 radical (unpaired) electrons. The van der Waals surface area contributed by atoms with Crippen LogP contribution in [0.3, 0.4) is 0 Å². The van der Waals surface area contributed by atoms with Crippen molar-refractivity contribution in [1.82, 2.24) is 0 Å². The predicted molar refractivity (Wildman–Crippen MR) is 48.7 cm³/mol. The molecule has 0 fully saturated rings. The van der Waals surface area contributed by atoms with Crippen molar-refractivity contribution in [1.29, 1.82) is 0 Å². The van der Waals surface area contributed by atoms with E-state index in [0.29, 0.717) is 11.5 Å². The maximum atomic E-state index is 4.90. The summed E-state index contributed by atoms with van der Waals surface area (Å²) in [7, 11) is 3.18. The molecule has 0 atom stereocenters. The Kier molecular flexibility index (Phi) is 89.5. The van der Waals surface area contributed by atoms with Crippen LogP contribution in [0.4, 0.5) is 0 Å². The van der Waals surface area contributed by atoms with Crippen molar-refractivity contribution in [3.05, 3.63) is 24.3 Å². The Labute approximate surface area is 212 Å². The number of hydrogen-bond acceptors (Lipinski definition) is 2. The van der Waals surface area contributed by atoms with E-state index in [2.05, 4.69) is 12.1 Å². The van der Waals surface area contributed by atoms with E-state index in [1.807, 2.05) is 0 Å². The van der Waals surface area contributed by atoms with Gasteiger partial charge in [-0.3, -0.25) is 0 Å². The van der Waals surface area contributed by atoms with Gasteiger partial charge in [-0.2, -0.15) is 0 Å². The first-order valence-corrected chi connectivity index (χ1v) is 2.88. The molecular formula is C8H8Cl2I2Li2Mg2O2. The van der Waals surface area contributed by atoms with Crippen molar-refractivity contribution in [3.63, 3.8) is 0 Å². The minimum absolute atomic E-state index is 0. The molecule has 1 rings (SSSR count). The van der Waals surface area contributed by atoms with Crippen LogP contribution in [0.5, 0.6) is 11.5 Å². The summed E-state index contributed by atoms with van der Waals surface area (Å²) >= 11 is 0. The number of halogens is 4. The maximum Gasteiger partial charge on any atom is 2.00 e. The molecule has 86 valence electrons. The molecule has 0 aliphatic rings. The number of ether oxygens (including phenoxy) is 2. The molecule has 0 saturated carbocycles. The molecule has 0 aromatic heterocycles. The fourth-order valence-corrected chi connectivity index (χ4v) is 0.616. The Hall–Kier alpha value is 3.59. The molecule has 1 aromatic rings. The van der Waals surface area contributed by atoms with Crippen LogP contribution < -0.4 is 120 Å². The van der Waals surface area contributed by atoms with E-state index >= 15 is 0 Å². The normalized spacial score (nSPS) is 5.00. The average Bonchev–Trinajstić information content (AvgIpc) is 2.05. The molecule has 0 spiro atoms. The van der Waals surface area contributed by atoms with Crippen LogP contribution in [-0.4, -0.2) is 60.3 Å². The van der Waals surface area contributed by atoms with Crippen molar-refractivity contribution in [2.24, 2.45) is 0 Å². The molecule has 0 amide bonds. The first kappa shape index (κ1) is 49.6. The van der Waals surface area contributed by atoms with Crippen LogP contribution in [0.2, 0.25) is 0 Å². The quantitative estimate of drug-likeness (QED) is 0.218. The third-order valence-electron chi connectivity index (χ3n) is 1.13. The first-order valence-electron chi connectivity index (χ1n) is 2.88. The van der Waals surface area contributed by atoms with Crippen LogP contribution in [0, 0.1) is 12.1 Å². The van der Waals surface area contributed by atoms with E-state index in [4.69, 9.17) is 9.47 Å². The second-order valence-electron chi connectivity index (χ2n) is 1.71. The molecule has 0 saturated heterocycles. The average molecular weight is 523 g/mol. The molecular weight excluding hydrogens is 515 g/mol. The van der Waals surface area contributed by atoms with E-state index in [-0.39, 0.29) is 157 Å². The van der Waals surface area contributed by atoms with Gasteiger partial charge in [0.1, 0.15) is 0 Å². The van der Waals surface area contributed by atoms with Gasteiger partial charge < -0.3 is 100 Å². The second kappa shape index (κ2) is 32.5. The fourth-order valence-electron chi connectivity index (χ4n) is 0.616. The summed E-state index contributed by atoms with van der Waals surface area (Å²) in [6.45, 7) is 0. The fraction of sp³-hybridized carbons (Fsp3) is 0.250. The summed E-state index contributed by atoms with van der Waals surface area (Å²) in [5.74, 6) is 1.33. The smallest absolute Gasteiger partial charge is 1.00 e. The minimum Gasteiger partial charge on any atom is -1.00 e. The zero-order chi connectivity index (χ0) is 7.40. The molecule has 0 bridgehead atoms. The Morgan fingerprint density at radius 3 is 1.33 bits per heavy atom. The molecule has 0 N–H and O–H groups in total. The molecule has 2 nitrogen and oxygen atoms in total. The van der Waals surface area contributed by atoms with Crippen LogP contribution in [-0.2, 0) is 0 Å². The Balaban J connectivity index is -0.0000000208. The second-order valence-corrected chi connectivity index (χ2v) is 1.71. The molecule has 0 aliphatic heterocycles. The van der Waals surface area contributed by atoms with Crippen molar-refractivity contribution >= 4 is 46.1 Å². The molecule has 0 unspecified atom stereocenters. The van der Waals surface area contributed by atoms with Gasteiger partial charge in [0.05, 0.1) is 14.2 Å². The summed E-state index contributed by atoms with van der Waals surface area (Å²) in [5, 5.41) is 0. The largest absolute Gasteiger partial charge is 2.00 e. The Bertz CT molecular complexity index is 223. The van der Waals surface area contributed by atoms with Crippen LogP contribution in [0.15, 0.2) is 12.1 Å². The molecule has 0 aliphatic carbocycles. The van der Waals surface area contributed by atoms with E-state index in [9.17, 15) is 0 Å². The Morgan fingerprint density at radius 1 is 0.833 bits per heavy atom. The number of rotatable bonds is 2. The van der Waals surface area contributed by atoms with Gasteiger partial charge in [0.25, 0.3) is 0 Å². The van der Waals surface area contributed by atoms with E-state index in [1.54, 1.807) is 26.4 Å². The van der Waals surface area contributed by atoms with Crippen molar-refractivity contribution < 1.29 is 120 Å². The standard InChI is InChI=1S/C8H8O2.2ClH.2HI.2Li.2Mg/c1-9-7-4-3-5-8(6-7)10-2;;;;;;;;/h3,6H,1-2H3;4*1H;;;;/q-2;;;;;2*+1;2*+2/p-4. The van der Waals surface area contributed by atoms with Gasteiger partial charge >= 0.3 is 83.8 Å². The van der Waals surface area contributed by atoms with Gasteiger partial charge in [0, 0.05) is 0 Å². The SMILES string of the molecule is COc1[c-]c[c-]c(OC)c1.[Cl-].[Cl-].[I-].[I-].[Li+].[Li+].[Mg+2].[Mg+2]. The van der Waals surface area contributed by atoms with E-state index in [1.165, 1.54) is 0 Å². The zero-order valence-electron chi connectivity index (χ0n) is 10.9. The van der Waals surface area contributed by atoms with Crippen LogP contribution >= 0.6 is 0 Å². The molecule has 10 heteroatoms. The monoisotopic (exact) mass is 522 g/mol. The van der Waals surface area contributed by atoms with Gasteiger partial charge in [-0.05, 0) is 0 Å². The number of benzene rings is 1. The summed E-state index contributed by atoms with van der Waals surface area (Å²) in [6, 6.07) is 9.03. The van der Waals surface area contributed by atoms with Gasteiger partial charge in [0.15, 0.2) is 0 Å². The summed E-state index contributed by atoms with van der Waals surface area (Å²) in [4.78, 5) is 0. The third kappa shape index (κ3) is 21.9. The summed E-state index contributed by atoms with van der Waals surface area (Å²) < 4.78 is 9.80. The number of hydrogen-bond donors (Lipinski definition) is 0. The topological polar surface area (TPSA) is 18.5 Å². The molecule has 1 aromatic carbocycles. The molecule has 18 heavy (non-hydrogen) atoms.